The van der Waals surface area contributed by atoms with Crippen molar-refractivity contribution >= 4 is 11.8 Å². The van der Waals surface area contributed by atoms with Crippen molar-refractivity contribution in [3.63, 3.8) is 0 Å². The number of hydrogen-bond donors (Lipinski definition) is 4. The highest BCUT2D eigenvalue weighted by molar-refractivity contribution is 5.94. The molecule has 2 aromatic heterocycles. The van der Waals surface area contributed by atoms with Crippen molar-refractivity contribution in [3.8, 4) is 11.7 Å². The van der Waals surface area contributed by atoms with Crippen molar-refractivity contribution in [2.24, 2.45) is 5.73 Å². The van der Waals surface area contributed by atoms with Crippen LogP contribution in [-0.4, -0.2) is 61.0 Å². The first kappa shape index (κ1) is 28.2. The number of carbonyl (C=O) groups is 1. The number of aromatic amines is 1. The minimum Gasteiger partial charge on any atom is -0.488 e. The predicted molar refractivity (Wildman–Crippen MR) is 147 cm³/mol. The zero-order valence-electron chi connectivity index (χ0n) is 22.2. The summed E-state index contributed by atoms with van der Waals surface area (Å²) in [6.45, 7) is 4.37. The van der Waals surface area contributed by atoms with Gasteiger partial charge in [0.2, 0.25) is 0 Å². The van der Waals surface area contributed by atoms with Crippen LogP contribution in [0, 0.1) is 12.3 Å². The Hall–Kier alpha value is -4.84. The number of carboxylic acids is 1. The number of rotatable bonds is 8. The second-order valence-electron chi connectivity index (χ2n) is 9.35. The molecular weight excluding hydrogens is 514 g/mol. The lowest BCUT2D eigenvalue weighted by atomic mass is 9.90. The molecular formula is C28H31N7O5. The Morgan fingerprint density at radius 3 is 2.58 bits per heavy atom. The van der Waals surface area contributed by atoms with E-state index in [9.17, 15) is 4.79 Å². The molecule has 0 spiro atoms. The highest BCUT2D eigenvalue weighted by Crippen LogP contribution is 2.31. The van der Waals surface area contributed by atoms with E-state index in [0.717, 1.165) is 35.8 Å². The van der Waals surface area contributed by atoms with Crippen LogP contribution in [0.15, 0.2) is 65.7 Å². The molecule has 2 atom stereocenters. The summed E-state index contributed by atoms with van der Waals surface area (Å²) >= 11 is 0. The Balaban J connectivity index is 0.000000867. The van der Waals surface area contributed by atoms with Gasteiger partial charge < -0.3 is 20.3 Å². The van der Waals surface area contributed by atoms with E-state index >= 15 is 0 Å². The summed E-state index contributed by atoms with van der Waals surface area (Å²) in [4.78, 5) is 33.0. The molecule has 40 heavy (non-hydrogen) atoms. The van der Waals surface area contributed by atoms with Crippen molar-refractivity contribution in [2.45, 2.75) is 38.7 Å². The van der Waals surface area contributed by atoms with Gasteiger partial charge in [0, 0.05) is 37.2 Å². The number of benzene rings is 2. The Labute approximate surface area is 230 Å². The van der Waals surface area contributed by atoms with E-state index < -0.39 is 11.7 Å². The van der Waals surface area contributed by atoms with Gasteiger partial charge in [-0.1, -0.05) is 30.3 Å². The van der Waals surface area contributed by atoms with Crippen molar-refractivity contribution in [1.82, 2.24) is 24.7 Å². The summed E-state index contributed by atoms with van der Waals surface area (Å²) in [5, 5.41) is 19.6. The minimum atomic E-state index is -0.833. The quantitative estimate of drug-likeness (QED) is 0.191. The highest BCUT2D eigenvalue weighted by atomic mass is 16.5. The minimum absolute atomic E-state index is 0.0143. The van der Waals surface area contributed by atoms with Crippen LogP contribution in [0.4, 0.5) is 0 Å². The Bertz CT molecular complexity index is 1510. The molecule has 1 saturated heterocycles. The van der Waals surface area contributed by atoms with Crippen LogP contribution < -0.4 is 16.2 Å². The molecule has 0 amide bonds. The topological polar surface area (TPSA) is 182 Å². The van der Waals surface area contributed by atoms with Crippen LogP contribution in [0.2, 0.25) is 0 Å². The van der Waals surface area contributed by atoms with Crippen LogP contribution in [0.1, 0.15) is 47.3 Å². The number of nitrogens with one attached hydrogen (secondary N) is 2. The highest BCUT2D eigenvalue weighted by Gasteiger charge is 2.24. The van der Waals surface area contributed by atoms with Gasteiger partial charge in [-0.25, -0.2) is 14.8 Å². The SMILES string of the molecule is CC(=O)O.Cc1cc(O[C@@H]2CCOC2)cc(C(Cc2ccc(C(=N)N)cc2)c2nn(-c3ncccn3)c(=O)[nH]2)c1. The average Bonchev–Trinajstić information content (AvgIpc) is 3.57. The van der Waals surface area contributed by atoms with Crippen LogP contribution >= 0.6 is 0 Å². The normalized spacial score (nSPS) is 15.1. The summed E-state index contributed by atoms with van der Waals surface area (Å²) in [7, 11) is 0. The number of amidine groups is 1. The molecule has 12 heteroatoms. The van der Waals surface area contributed by atoms with Gasteiger partial charge in [-0.05, 0) is 48.2 Å². The van der Waals surface area contributed by atoms with E-state index in [1.807, 2.05) is 43.3 Å². The van der Waals surface area contributed by atoms with Gasteiger partial charge in [0.1, 0.15) is 23.5 Å². The predicted octanol–water partition coefficient (Wildman–Crippen LogP) is 2.58. The van der Waals surface area contributed by atoms with Crippen LogP contribution in [0.25, 0.3) is 5.95 Å². The summed E-state index contributed by atoms with van der Waals surface area (Å²) in [6, 6.07) is 15.3. The van der Waals surface area contributed by atoms with Gasteiger partial charge >= 0.3 is 5.69 Å². The number of aromatic nitrogens is 5. The fourth-order valence-electron chi connectivity index (χ4n) is 4.31. The zero-order valence-corrected chi connectivity index (χ0v) is 22.2. The van der Waals surface area contributed by atoms with Crippen LogP contribution in [-0.2, 0) is 16.0 Å². The fraction of sp³-hybridized carbons (Fsp3) is 0.286. The van der Waals surface area contributed by atoms with Gasteiger partial charge in [0.25, 0.3) is 11.9 Å². The number of carboxylic acid groups (broad SMARTS) is 1. The van der Waals surface area contributed by atoms with E-state index in [1.54, 1.807) is 18.5 Å². The molecule has 2 aromatic carbocycles. The van der Waals surface area contributed by atoms with E-state index in [-0.39, 0.29) is 23.8 Å². The molecule has 1 unspecified atom stereocenters. The van der Waals surface area contributed by atoms with E-state index in [0.29, 0.717) is 31.0 Å². The Morgan fingerprint density at radius 2 is 1.95 bits per heavy atom. The van der Waals surface area contributed by atoms with Crippen LogP contribution in [0.3, 0.4) is 0 Å². The Morgan fingerprint density at radius 1 is 1.25 bits per heavy atom. The van der Waals surface area contributed by atoms with E-state index in [2.05, 4.69) is 26.1 Å². The molecule has 3 heterocycles. The van der Waals surface area contributed by atoms with Gasteiger partial charge in [0.05, 0.1) is 13.2 Å². The lowest BCUT2D eigenvalue weighted by Gasteiger charge is -2.19. The third kappa shape index (κ3) is 7.38. The molecule has 1 aliphatic rings. The summed E-state index contributed by atoms with van der Waals surface area (Å²) in [5.74, 6) is 0.340. The maximum atomic E-state index is 12.8. The zero-order chi connectivity index (χ0) is 28.6. The Kier molecular flexibility index (Phi) is 9.02. The molecule has 5 N–H and O–H groups in total. The van der Waals surface area contributed by atoms with Gasteiger partial charge in [0.15, 0.2) is 0 Å². The number of ether oxygens (including phenoxy) is 2. The smallest absolute Gasteiger partial charge is 0.350 e. The fourth-order valence-corrected chi connectivity index (χ4v) is 4.31. The summed E-state index contributed by atoms with van der Waals surface area (Å²) < 4.78 is 12.8. The summed E-state index contributed by atoms with van der Waals surface area (Å²) in [5.41, 5.74) is 8.85. The van der Waals surface area contributed by atoms with E-state index in [4.69, 9.17) is 30.5 Å². The molecule has 0 aliphatic carbocycles. The maximum absolute atomic E-state index is 12.8. The molecule has 4 aromatic rings. The van der Waals surface area contributed by atoms with Gasteiger partial charge in [-0.15, -0.1) is 9.78 Å². The van der Waals surface area contributed by atoms with Gasteiger partial charge in [-0.2, -0.15) is 0 Å². The van der Waals surface area contributed by atoms with E-state index in [1.165, 1.54) is 4.68 Å². The van der Waals surface area contributed by atoms with Crippen LogP contribution in [0.5, 0.6) is 5.75 Å². The van der Waals surface area contributed by atoms with Crippen molar-refractivity contribution in [1.29, 1.82) is 5.41 Å². The third-order valence-corrected chi connectivity index (χ3v) is 6.08. The number of nitrogens with zero attached hydrogens (tertiary/aromatic N) is 4. The molecule has 208 valence electrons. The molecule has 0 saturated carbocycles. The largest absolute Gasteiger partial charge is 0.488 e. The first-order chi connectivity index (χ1) is 19.2. The first-order valence-corrected chi connectivity index (χ1v) is 12.6. The van der Waals surface area contributed by atoms with Crippen molar-refractivity contribution in [3.05, 3.63) is 99.5 Å². The molecule has 1 aliphatic heterocycles. The van der Waals surface area contributed by atoms with Gasteiger partial charge in [-0.3, -0.25) is 15.2 Å². The molecule has 0 radical (unpaired) electrons. The second kappa shape index (κ2) is 12.8. The average molecular weight is 546 g/mol. The monoisotopic (exact) mass is 545 g/mol. The number of aliphatic carboxylic acids is 1. The first-order valence-electron chi connectivity index (χ1n) is 12.6. The second-order valence-corrected chi connectivity index (χ2v) is 9.35. The summed E-state index contributed by atoms with van der Waals surface area (Å²) in [6.07, 6.45) is 4.55. The maximum Gasteiger partial charge on any atom is 0.350 e. The molecule has 12 nitrogen and oxygen atoms in total. The molecule has 5 rings (SSSR count). The lowest BCUT2D eigenvalue weighted by molar-refractivity contribution is -0.134. The standard InChI is InChI=1S/C26H27N7O3.C2H4O2/c1-16-11-19(14-21(12-16)36-20-7-10-35-15-20)22(13-17-3-5-18(6-4-17)23(27)28)24-31-26(34)33(32-24)25-29-8-2-9-30-25;1-2(3)4/h2-6,8-9,11-12,14,20,22H,7,10,13,15H2,1H3,(H3,27,28)(H,31,32,34);1H3,(H,3,4)/t20-,22?;/m1./s1. The number of nitrogen functional groups attached to an aromatic ring is 1. The molecule has 0 bridgehead atoms. The number of aryl methyl sites for hydroxylation is 1. The molecule has 1 fully saturated rings. The lowest BCUT2D eigenvalue weighted by Crippen LogP contribution is -2.18. The number of H-pyrrole nitrogens is 1. The van der Waals surface area contributed by atoms with Crippen molar-refractivity contribution in [2.75, 3.05) is 13.2 Å². The number of hydrogen-bond acceptors (Lipinski definition) is 8. The number of nitrogens with two attached hydrogens (primary N) is 1. The van der Waals surface area contributed by atoms with Crippen molar-refractivity contribution < 1.29 is 19.4 Å². The third-order valence-electron chi connectivity index (χ3n) is 6.08.